The third-order valence-corrected chi connectivity index (χ3v) is 8.84. The van der Waals surface area contributed by atoms with Crippen LogP contribution in [0.1, 0.15) is 155 Å². The standard InChI is InChI=1S/C39H70O10/c1-3-5-7-9-11-12-13-14-15-16-17-18-19-20-22-24-26-28-35(42)48-32(30-46-34(41)27-25-23-21-10-8-6-4-2)31-47-39-38(45)37(44)36(43)33(29-40)49-39/h11-12,14-15,32-33,36-40,43-45H,3-10,13,16-31H2,1-2H3/b12-11-,15-14-. The molecule has 6 atom stereocenters. The summed E-state index contributed by atoms with van der Waals surface area (Å²) < 4.78 is 22.0. The van der Waals surface area contributed by atoms with Crippen LogP contribution in [0.5, 0.6) is 0 Å². The van der Waals surface area contributed by atoms with Gasteiger partial charge in [-0.15, -0.1) is 0 Å². The molecule has 4 N–H and O–H groups in total. The number of aliphatic hydroxyl groups is 4. The van der Waals surface area contributed by atoms with Crippen LogP contribution < -0.4 is 0 Å². The van der Waals surface area contributed by atoms with Crippen LogP contribution in [0.25, 0.3) is 0 Å². The zero-order valence-corrected chi connectivity index (χ0v) is 30.7. The van der Waals surface area contributed by atoms with E-state index in [2.05, 4.69) is 38.2 Å². The van der Waals surface area contributed by atoms with Crippen LogP contribution in [0.3, 0.4) is 0 Å². The lowest BCUT2D eigenvalue weighted by Crippen LogP contribution is -2.59. The van der Waals surface area contributed by atoms with E-state index in [-0.39, 0.29) is 32.0 Å². The van der Waals surface area contributed by atoms with E-state index in [0.717, 1.165) is 57.8 Å². The molecule has 10 nitrogen and oxygen atoms in total. The van der Waals surface area contributed by atoms with E-state index in [1.165, 1.54) is 64.2 Å². The van der Waals surface area contributed by atoms with Gasteiger partial charge in [-0.1, -0.05) is 122 Å². The summed E-state index contributed by atoms with van der Waals surface area (Å²) in [7, 11) is 0. The maximum Gasteiger partial charge on any atom is 0.306 e. The summed E-state index contributed by atoms with van der Waals surface area (Å²) in [5.74, 6) is -0.822. The second kappa shape index (κ2) is 31.0. The van der Waals surface area contributed by atoms with Crippen molar-refractivity contribution >= 4 is 11.9 Å². The first-order chi connectivity index (χ1) is 23.8. The molecule has 0 radical (unpaired) electrons. The molecule has 0 aromatic heterocycles. The van der Waals surface area contributed by atoms with Crippen molar-refractivity contribution in [3.8, 4) is 0 Å². The summed E-state index contributed by atoms with van der Waals surface area (Å²) >= 11 is 0. The molecule has 0 bridgehead atoms. The van der Waals surface area contributed by atoms with Gasteiger partial charge in [-0.2, -0.15) is 0 Å². The van der Waals surface area contributed by atoms with Crippen molar-refractivity contribution in [2.45, 2.75) is 192 Å². The van der Waals surface area contributed by atoms with E-state index < -0.39 is 49.4 Å². The highest BCUT2D eigenvalue weighted by Crippen LogP contribution is 2.22. The highest BCUT2D eigenvalue weighted by molar-refractivity contribution is 5.70. The summed E-state index contributed by atoms with van der Waals surface area (Å²) in [5, 5.41) is 39.8. The molecule has 1 heterocycles. The number of aliphatic hydroxyl groups excluding tert-OH is 4. The van der Waals surface area contributed by atoms with Crippen molar-refractivity contribution in [3.63, 3.8) is 0 Å². The predicted octanol–water partition coefficient (Wildman–Crippen LogP) is 6.99. The molecule has 1 rings (SSSR count). The summed E-state index contributed by atoms with van der Waals surface area (Å²) in [4.78, 5) is 25.0. The molecule has 0 amide bonds. The van der Waals surface area contributed by atoms with Crippen molar-refractivity contribution in [2.24, 2.45) is 0 Å². The predicted molar refractivity (Wildman–Crippen MR) is 192 cm³/mol. The Bertz CT molecular complexity index is 861. The zero-order valence-electron chi connectivity index (χ0n) is 30.7. The molecular formula is C39H70O10. The van der Waals surface area contributed by atoms with Gasteiger partial charge in [-0.25, -0.2) is 0 Å². The lowest BCUT2D eigenvalue weighted by Gasteiger charge is -2.39. The van der Waals surface area contributed by atoms with Gasteiger partial charge >= 0.3 is 11.9 Å². The summed E-state index contributed by atoms with van der Waals surface area (Å²) in [6.07, 6.45) is 23.5. The van der Waals surface area contributed by atoms with Crippen LogP contribution in [-0.2, 0) is 28.5 Å². The third-order valence-electron chi connectivity index (χ3n) is 8.84. The van der Waals surface area contributed by atoms with Crippen molar-refractivity contribution in [1.82, 2.24) is 0 Å². The average molecular weight is 699 g/mol. The molecule has 6 unspecified atom stereocenters. The Morgan fingerprint density at radius 1 is 0.633 bits per heavy atom. The Hall–Kier alpha value is -1.82. The van der Waals surface area contributed by atoms with Gasteiger partial charge in [0.1, 0.15) is 31.0 Å². The molecule has 1 fully saturated rings. The molecule has 0 spiro atoms. The Kier molecular flexibility index (Phi) is 28.6. The first kappa shape index (κ1) is 45.2. The van der Waals surface area contributed by atoms with E-state index in [1.807, 2.05) is 0 Å². The van der Waals surface area contributed by atoms with Gasteiger partial charge < -0.3 is 39.4 Å². The van der Waals surface area contributed by atoms with Crippen molar-refractivity contribution < 1.29 is 49.0 Å². The molecular weight excluding hydrogens is 628 g/mol. The molecule has 49 heavy (non-hydrogen) atoms. The summed E-state index contributed by atoms with van der Waals surface area (Å²) in [5.41, 5.74) is 0. The molecule has 10 heteroatoms. The van der Waals surface area contributed by atoms with Gasteiger partial charge in [0, 0.05) is 12.8 Å². The number of carbonyl (C=O) groups is 2. The first-order valence-electron chi connectivity index (χ1n) is 19.4. The Morgan fingerprint density at radius 3 is 1.73 bits per heavy atom. The maximum atomic E-state index is 12.7. The minimum atomic E-state index is -1.59. The highest BCUT2D eigenvalue weighted by atomic mass is 16.7. The highest BCUT2D eigenvalue weighted by Gasteiger charge is 2.44. The van der Waals surface area contributed by atoms with Gasteiger partial charge in [0.25, 0.3) is 0 Å². The molecule has 0 aromatic rings. The van der Waals surface area contributed by atoms with Crippen LogP contribution in [0, 0.1) is 0 Å². The molecule has 0 saturated carbocycles. The molecule has 0 aliphatic carbocycles. The van der Waals surface area contributed by atoms with Gasteiger partial charge in [0.05, 0.1) is 13.2 Å². The van der Waals surface area contributed by atoms with Gasteiger partial charge in [-0.05, 0) is 44.9 Å². The average Bonchev–Trinajstić information content (AvgIpc) is 3.10. The number of ether oxygens (including phenoxy) is 4. The van der Waals surface area contributed by atoms with E-state index in [0.29, 0.717) is 6.42 Å². The van der Waals surface area contributed by atoms with E-state index in [4.69, 9.17) is 18.9 Å². The van der Waals surface area contributed by atoms with Gasteiger partial charge in [0.2, 0.25) is 0 Å². The fourth-order valence-electron chi connectivity index (χ4n) is 5.69. The number of allylic oxidation sites excluding steroid dienone is 4. The lowest BCUT2D eigenvalue weighted by atomic mass is 9.99. The molecule has 1 saturated heterocycles. The molecule has 1 aliphatic heterocycles. The minimum Gasteiger partial charge on any atom is -0.462 e. The summed E-state index contributed by atoms with van der Waals surface area (Å²) in [6, 6.07) is 0. The normalized spacial score (nSPS) is 21.8. The smallest absolute Gasteiger partial charge is 0.306 e. The fraction of sp³-hybridized carbons (Fsp3) is 0.846. The van der Waals surface area contributed by atoms with Gasteiger partial charge in [0.15, 0.2) is 12.4 Å². The molecule has 1 aliphatic rings. The Morgan fingerprint density at radius 2 is 1.14 bits per heavy atom. The Balaban J connectivity index is 2.36. The van der Waals surface area contributed by atoms with Crippen molar-refractivity contribution in [2.75, 3.05) is 19.8 Å². The van der Waals surface area contributed by atoms with E-state index in [1.54, 1.807) is 0 Å². The maximum absolute atomic E-state index is 12.7. The van der Waals surface area contributed by atoms with Crippen LogP contribution in [0.15, 0.2) is 24.3 Å². The lowest BCUT2D eigenvalue weighted by molar-refractivity contribution is -0.305. The number of carbonyl (C=O) groups excluding carboxylic acids is 2. The quantitative estimate of drug-likeness (QED) is 0.0339. The van der Waals surface area contributed by atoms with Crippen molar-refractivity contribution in [1.29, 1.82) is 0 Å². The number of hydrogen-bond acceptors (Lipinski definition) is 10. The molecule has 0 aromatic carbocycles. The molecule has 286 valence electrons. The monoisotopic (exact) mass is 698 g/mol. The van der Waals surface area contributed by atoms with E-state index in [9.17, 15) is 30.0 Å². The SMILES string of the molecule is CCCCC/C=C\C/C=C\CCCCCCCCCC(=O)OC(COC(=O)CCCCCCCCC)COC1OC(CO)C(O)C(O)C1O. The van der Waals surface area contributed by atoms with Crippen LogP contribution in [0.2, 0.25) is 0 Å². The minimum absolute atomic E-state index is 0.219. The summed E-state index contributed by atoms with van der Waals surface area (Å²) in [6.45, 7) is 3.32. The number of esters is 2. The first-order valence-corrected chi connectivity index (χ1v) is 19.4. The zero-order chi connectivity index (χ0) is 36.0. The van der Waals surface area contributed by atoms with Gasteiger partial charge in [-0.3, -0.25) is 9.59 Å². The van der Waals surface area contributed by atoms with Crippen molar-refractivity contribution in [3.05, 3.63) is 24.3 Å². The largest absolute Gasteiger partial charge is 0.462 e. The number of rotatable bonds is 31. The van der Waals surface area contributed by atoms with Crippen LogP contribution >= 0.6 is 0 Å². The topological polar surface area (TPSA) is 152 Å². The Labute approximate surface area is 296 Å². The second-order valence-electron chi connectivity index (χ2n) is 13.4. The van der Waals surface area contributed by atoms with E-state index >= 15 is 0 Å². The fourth-order valence-corrected chi connectivity index (χ4v) is 5.69. The number of unbranched alkanes of at least 4 members (excludes halogenated alkanes) is 16. The van der Waals surface area contributed by atoms with Crippen LogP contribution in [0.4, 0.5) is 0 Å². The number of hydrogen-bond donors (Lipinski definition) is 4. The van der Waals surface area contributed by atoms with Crippen LogP contribution in [-0.4, -0.2) is 89.0 Å². The second-order valence-corrected chi connectivity index (χ2v) is 13.4. The third kappa shape index (κ3) is 23.3.